The smallest absolute Gasteiger partial charge is 0.234 e. The van der Waals surface area contributed by atoms with Gasteiger partial charge in [-0.2, -0.15) is 0 Å². The molecule has 0 fully saturated rings. The second-order valence-corrected chi connectivity index (χ2v) is 6.07. The molecule has 0 aliphatic carbocycles. The Labute approximate surface area is 136 Å². The molecule has 21 heavy (non-hydrogen) atoms. The quantitative estimate of drug-likeness (QED) is 0.769. The van der Waals surface area contributed by atoms with E-state index in [1.165, 1.54) is 0 Å². The first-order chi connectivity index (χ1) is 9.92. The summed E-state index contributed by atoms with van der Waals surface area (Å²) in [6.07, 6.45) is 0.621. The fraction of sp³-hybridized carbons (Fsp3) is 0.533. The Morgan fingerprint density at radius 3 is 2.62 bits per heavy atom. The second-order valence-electron chi connectivity index (χ2n) is 5.26. The molecule has 2 N–H and O–H groups in total. The third-order valence-electron chi connectivity index (χ3n) is 2.84. The van der Waals surface area contributed by atoms with E-state index < -0.39 is 0 Å². The molecule has 0 aromatic heterocycles. The summed E-state index contributed by atoms with van der Waals surface area (Å²) in [5, 5.41) is 12.9. The highest BCUT2D eigenvalue weighted by molar-refractivity contribution is 6.42. The van der Waals surface area contributed by atoms with Crippen molar-refractivity contribution in [3.8, 4) is 0 Å². The molecule has 6 heteroatoms. The first-order valence-corrected chi connectivity index (χ1v) is 7.74. The molecule has 4 nitrogen and oxygen atoms in total. The predicted octanol–water partition coefficient (Wildman–Crippen LogP) is 2.70. The molecular formula is C15H22Cl2N2O2. The lowest BCUT2D eigenvalue weighted by molar-refractivity contribution is -0.122. The van der Waals surface area contributed by atoms with E-state index >= 15 is 0 Å². The van der Waals surface area contributed by atoms with Crippen molar-refractivity contribution in [3.63, 3.8) is 0 Å². The summed E-state index contributed by atoms with van der Waals surface area (Å²) in [6, 6.07) is 5.55. The summed E-state index contributed by atoms with van der Waals surface area (Å²) in [7, 11) is 0. The van der Waals surface area contributed by atoms with Gasteiger partial charge in [-0.25, -0.2) is 0 Å². The average Bonchev–Trinajstić information content (AvgIpc) is 2.39. The molecule has 0 saturated carbocycles. The van der Waals surface area contributed by atoms with Gasteiger partial charge in [0.25, 0.3) is 0 Å². The first kappa shape index (κ1) is 18.2. The number of aliphatic hydroxyl groups is 1. The maximum atomic E-state index is 11.9. The summed E-state index contributed by atoms with van der Waals surface area (Å²) in [5.41, 5.74) is 0.986. The normalized spacial score (nSPS) is 11.2. The van der Waals surface area contributed by atoms with Gasteiger partial charge in [0, 0.05) is 25.7 Å². The van der Waals surface area contributed by atoms with Crippen molar-refractivity contribution in [3.05, 3.63) is 33.8 Å². The first-order valence-electron chi connectivity index (χ1n) is 6.99. The largest absolute Gasteiger partial charge is 0.396 e. The van der Waals surface area contributed by atoms with Crippen LogP contribution in [0.2, 0.25) is 10.0 Å². The molecule has 0 aliphatic heterocycles. The van der Waals surface area contributed by atoms with Gasteiger partial charge >= 0.3 is 0 Å². The number of amides is 1. The van der Waals surface area contributed by atoms with Gasteiger partial charge in [0.2, 0.25) is 5.91 Å². The van der Waals surface area contributed by atoms with Crippen LogP contribution in [0.15, 0.2) is 18.2 Å². The zero-order valence-corrected chi connectivity index (χ0v) is 13.9. The van der Waals surface area contributed by atoms with E-state index in [0.717, 1.165) is 5.56 Å². The molecule has 0 saturated heterocycles. The molecule has 0 unspecified atom stereocenters. The zero-order chi connectivity index (χ0) is 15.8. The Hall–Kier alpha value is -0.810. The molecule has 0 aliphatic rings. The van der Waals surface area contributed by atoms with Crippen molar-refractivity contribution in [1.29, 1.82) is 0 Å². The number of carbonyl (C=O) groups is 1. The van der Waals surface area contributed by atoms with Crippen LogP contribution in [0.4, 0.5) is 0 Å². The highest BCUT2D eigenvalue weighted by Crippen LogP contribution is 2.23. The van der Waals surface area contributed by atoms with Crippen LogP contribution in [-0.2, 0) is 11.3 Å². The fourth-order valence-corrected chi connectivity index (χ4v) is 2.30. The molecule has 0 bridgehead atoms. The number of carbonyl (C=O) groups excluding carboxylic acids is 1. The van der Waals surface area contributed by atoms with Crippen molar-refractivity contribution in [2.45, 2.75) is 32.9 Å². The molecule has 1 amide bonds. The van der Waals surface area contributed by atoms with Gasteiger partial charge in [0.15, 0.2) is 0 Å². The Bertz CT molecular complexity index is 467. The highest BCUT2D eigenvalue weighted by Gasteiger charge is 2.12. The van der Waals surface area contributed by atoms with E-state index in [9.17, 15) is 4.79 Å². The molecule has 0 spiro atoms. The fourth-order valence-electron chi connectivity index (χ4n) is 1.98. The molecule has 0 radical (unpaired) electrons. The maximum Gasteiger partial charge on any atom is 0.234 e. The number of rotatable bonds is 8. The number of nitrogens with one attached hydrogen (secondary N) is 1. The standard InChI is InChI=1S/C15H22Cl2N2O2/c1-11(2)18-15(21)10-19(6-3-7-20)9-12-4-5-13(16)14(17)8-12/h4-5,8,11,20H,3,6-7,9-10H2,1-2H3,(H,18,21). The predicted molar refractivity (Wildman–Crippen MR) is 86.7 cm³/mol. The van der Waals surface area contributed by atoms with Crippen molar-refractivity contribution in [2.24, 2.45) is 0 Å². The molecule has 1 aromatic rings. The number of hydrogen-bond acceptors (Lipinski definition) is 3. The van der Waals surface area contributed by atoms with E-state index in [1.54, 1.807) is 12.1 Å². The van der Waals surface area contributed by atoms with Gasteiger partial charge in [0.1, 0.15) is 0 Å². The van der Waals surface area contributed by atoms with Crippen LogP contribution in [-0.4, -0.2) is 41.7 Å². The van der Waals surface area contributed by atoms with E-state index in [-0.39, 0.29) is 18.6 Å². The van der Waals surface area contributed by atoms with Crippen LogP contribution in [0.25, 0.3) is 0 Å². The van der Waals surface area contributed by atoms with E-state index in [4.69, 9.17) is 28.3 Å². The summed E-state index contributed by atoms with van der Waals surface area (Å²) < 4.78 is 0. The molecule has 0 heterocycles. The minimum atomic E-state index is -0.0250. The van der Waals surface area contributed by atoms with Gasteiger partial charge < -0.3 is 10.4 Å². The van der Waals surface area contributed by atoms with E-state index in [0.29, 0.717) is 36.1 Å². The number of nitrogens with zero attached hydrogens (tertiary/aromatic N) is 1. The highest BCUT2D eigenvalue weighted by atomic mass is 35.5. The molecule has 1 rings (SSSR count). The van der Waals surface area contributed by atoms with Crippen LogP contribution in [0.1, 0.15) is 25.8 Å². The van der Waals surface area contributed by atoms with Crippen molar-refractivity contribution in [1.82, 2.24) is 10.2 Å². The van der Waals surface area contributed by atoms with Gasteiger partial charge in [-0.05, 0) is 38.0 Å². The zero-order valence-electron chi connectivity index (χ0n) is 12.4. The van der Waals surface area contributed by atoms with Gasteiger partial charge in [-0.1, -0.05) is 29.3 Å². The van der Waals surface area contributed by atoms with Gasteiger partial charge in [0.05, 0.1) is 16.6 Å². The Balaban J connectivity index is 2.68. The second kappa shape index (κ2) is 9.26. The van der Waals surface area contributed by atoms with Crippen LogP contribution in [0.3, 0.4) is 0 Å². The number of halogens is 2. The number of aliphatic hydroxyl groups excluding tert-OH is 1. The van der Waals surface area contributed by atoms with Crippen LogP contribution >= 0.6 is 23.2 Å². The Morgan fingerprint density at radius 2 is 2.05 bits per heavy atom. The van der Waals surface area contributed by atoms with Crippen LogP contribution in [0, 0.1) is 0 Å². The summed E-state index contributed by atoms with van der Waals surface area (Å²) in [4.78, 5) is 13.9. The van der Waals surface area contributed by atoms with Crippen LogP contribution < -0.4 is 5.32 Å². The monoisotopic (exact) mass is 332 g/mol. The number of benzene rings is 1. The Kier molecular flexibility index (Phi) is 8.04. The third kappa shape index (κ3) is 7.14. The summed E-state index contributed by atoms with van der Waals surface area (Å²) in [6.45, 7) is 5.47. The van der Waals surface area contributed by atoms with Crippen molar-refractivity contribution in [2.75, 3.05) is 19.7 Å². The summed E-state index contributed by atoms with van der Waals surface area (Å²) in [5.74, 6) is -0.0250. The lowest BCUT2D eigenvalue weighted by atomic mass is 10.2. The molecule has 1 aromatic carbocycles. The minimum absolute atomic E-state index is 0.0250. The van der Waals surface area contributed by atoms with Gasteiger partial charge in [-0.15, -0.1) is 0 Å². The van der Waals surface area contributed by atoms with Gasteiger partial charge in [-0.3, -0.25) is 9.69 Å². The third-order valence-corrected chi connectivity index (χ3v) is 3.58. The lowest BCUT2D eigenvalue weighted by Crippen LogP contribution is -2.40. The van der Waals surface area contributed by atoms with Crippen molar-refractivity contribution < 1.29 is 9.90 Å². The minimum Gasteiger partial charge on any atom is -0.396 e. The topological polar surface area (TPSA) is 52.6 Å². The molecule has 0 atom stereocenters. The number of hydrogen-bond donors (Lipinski definition) is 2. The SMILES string of the molecule is CC(C)NC(=O)CN(CCCO)Cc1ccc(Cl)c(Cl)c1. The maximum absolute atomic E-state index is 11.9. The van der Waals surface area contributed by atoms with Crippen LogP contribution in [0.5, 0.6) is 0 Å². The molecular weight excluding hydrogens is 311 g/mol. The summed E-state index contributed by atoms with van der Waals surface area (Å²) >= 11 is 11.9. The Morgan fingerprint density at radius 1 is 1.33 bits per heavy atom. The lowest BCUT2D eigenvalue weighted by Gasteiger charge is -2.22. The van der Waals surface area contributed by atoms with E-state index in [2.05, 4.69) is 5.32 Å². The van der Waals surface area contributed by atoms with E-state index in [1.807, 2.05) is 24.8 Å². The average molecular weight is 333 g/mol. The van der Waals surface area contributed by atoms with Crippen molar-refractivity contribution >= 4 is 29.1 Å². The molecule has 118 valence electrons.